The molecule has 0 saturated heterocycles. The largest absolute Gasteiger partial charge is 0.277 e. The number of hydrogen-bond donors (Lipinski definition) is 1. The molecule has 4 heteroatoms. The molecule has 0 bridgehead atoms. The zero-order chi connectivity index (χ0) is 17.1. The van der Waals surface area contributed by atoms with Crippen LogP contribution >= 0.6 is 11.3 Å². The molecule has 0 amide bonds. The maximum absolute atomic E-state index is 4.86. The first-order valence-corrected chi connectivity index (χ1v) is 8.93. The molecule has 0 aliphatic carbocycles. The Morgan fingerprint density at radius 1 is 0.840 bits per heavy atom. The fourth-order valence-electron chi connectivity index (χ4n) is 2.56. The average Bonchev–Trinajstić information content (AvgIpc) is 2.67. The highest BCUT2D eigenvalue weighted by Gasteiger charge is 2.07. The highest BCUT2D eigenvalue weighted by Crippen LogP contribution is 2.21. The number of anilines is 1. The summed E-state index contributed by atoms with van der Waals surface area (Å²) >= 11 is 1.64. The maximum Gasteiger partial charge on any atom is 0.163 e. The second-order valence-electron chi connectivity index (χ2n) is 5.79. The quantitative estimate of drug-likeness (QED) is 0.519. The molecule has 0 aliphatic heterocycles. The minimum absolute atomic E-state index is 0.867. The van der Waals surface area contributed by atoms with Crippen LogP contribution in [0, 0.1) is 6.92 Å². The van der Waals surface area contributed by atoms with Gasteiger partial charge in [-0.15, -0.1) is 11.3 Å². The molecule has 1 heterocycles. The molecule has 0 saturated carbocycles. The van der Waals surface area contributed by atoms with Gasteiger partial charge >= 0.3 is 0 Å². The molecule has 0 aliphatic rings. The summed E-state index contributed by atoms with van der Waals surface area (Å²) in [5, 5.41) is 4.63. The van der Waals surface area contributed by atoms with Gasteiger partial charge < -0.3 is 0 Å². The van der Waals surface area contributed by atoms with E-state index in [1.807, 2.05) is 48.5 Å². The van der Waals surface area contributed by atoms with E-state index in [0.29, 0.717) is 0 Å². The van der Waals surface area contributed by atoms with Crippen molar-refractivity contribution in [3.05, 3.63) is 89.1 Å². The summed E-state index contributed by atoms with van der Waals surface area (Å²) in [4.78, 5) is 4.86. The lowest BCUT2D eigenvalue weighted by molar-refractivity contribution is 1.23. The second-order valence-corrected chi connectivity index (χ2v) is 6.82. The van der Waals surface area contributed by atoms with Crippen LogP contribution in [0.5, 0.6) is 0 Å². The van der Waals surface area contributed by atoms with E-state index in [0.717, 1.165) is 31.8 Å². The van der Waals surface area contributed by atoms with Crippen molar-refractivity contribution in [1.29, 1.82) is 0 Å². The molecule has 4 aromatic rings. The number of benzene rings is 3. The molecule has 0 atom stereocenters. The first-order chi connectivity index (χ1) is 12.3. The van der Waals surface area contributed by atoms with Gasteiger partial charge in [0.05, 0.1) is 15.9 Å². The molecule has 3 aromatic carbocycles. The van der Waals surface area contributed by atoms with Crippen molar-refractivity contribution >= 4 is 27.2 Å². The Morgan fingerprint density at radius 3 is 2.36 bits per heavy atom. The number of nitrogens with one attached hydrogen (secondary N) is 1. The van der Waals surface area contributed by atoms with Crippen LogP contribution in [0.25, 0.3) is 21.5 Å². The Labute approximate surface area is 150 Å². The van der Waals surface area contributed by atoms with Crippen molar-refractivity contribution in [2.24, 2.45) is 5.10 Å². The summed E-state index contributed by atoms with van der Waals surface area (Å²) in [5.41, 5.74) is 8.28. The molecule has 4 rings (SSSR count). The van der Waals surface area contributed by atoms with Gasteiger partial charge in [-0.25, -0.2) is 4.98 Å². The maximum atomic E-state index is 4.86. The minimum atomic E-state index is 0.867. The van der Waals surface area contributed by atoms with Crippen LogP contribution in [0.3, 0.4) is 0 Å². The first kappa shape index (κ1) is 15.5. The topological polar surface area (TPSA) is 37.3 Å². The molecule has 122 valence electrons. The van der Waals surface area contributed by atoms with Gasteiger partial charge in [0.2, 0.25) is 0 Å². The van der Waals surface area contributed by atoms with Crippen molar-refractivity contribution in [1.82, 2.24) is 4.98 Å². The summed E-state index contributed by atoms with van der Waals surface area (Å²) in [6.07, 6.45) is 0. The van der Waals surface area contributed by atoms with Gasteiger partial charge in [-0.05, 0) is 31.2 Å². The molecule has 3 nitrogen and oxygen atoms in total. The normalized spacial score (nSPS) is 11.6. The van der Waals surface area contributed by atoms with Gasteiger partial charge in [0.15, 0.2) is 4.67 Å². The summed E-state index contributed by atoms with van der Waals surface area (Å²) in [7, 11) is 0. The fourth-order valence-corrected chi connectivity index (χ4v) is 3.48. The van der Waals surface area contributed by atoms with E-state index in [-0.39, 0.29) is 0 Å². The molecular weight excluding hydrogens is 326 g/mol. The van der Waals surface area contributed by atoms with Crippen molar-refractivity contribution in [3.8, 4) is 11.3 Å². The number of aromatic nitrogens is 1. The minimum Gasteiger partial charge on any atom is -0.277 e. The monoisotopic (exact) mass is 343 g/mol. The summed E-state index contributed by atoms with van der Waals surface area (Å²) in [6.45, 7) is 2.09. The van der Waals surface area contributed by atoms with Crippen LogP contribution in [0.1, 0.15) is 5.56 Å². The van der Waals surface area contributed by atoms with Gasteiger partial charge in [-0.3, -0.25) is 5.43 Å². The number of para-hydroxylation sites is 2. The zero-order valence-electron chi connectivity index (χ0n) is 13.8. The Bertz CT molecular complexity index is 1070. The number of aryl methyl sites for hydroxylation is 1. The third kappa shape index (κ3) is 3.44. The summed E-state index contributed by atoms with van der Waals surface area (Å²) in [5.74, 6) is 0. The zero-order valence-corrected chi connectivity index (χ0v) is 14.6. The highest BCUT2D eigenvalue weighted by atomic mass is 32.1. The van der Waals surface area contributed by atoms with Gasteiger partial charge in [0, 0.05) is 5.56 Å². The lowest BCUT2D eigenvalue weighted by Crippen LogP contribution is -2.08. The number of rotatable bonds is 3. The van der Waals surface area contributed by atoms with Crippen LogP contribution in [0.4, 0.5) is 5.69 Å². The van der Waals surface area contributed by atoms with E-state index >= 15 is 0 Å². The van der Waals surface area contributed by atoms with Crippen molar-refractivity contribution in [2.45, 2.75) is 6.92 Å². The van der Waals surface area contributed by atoms with Gasteiger partial charge in [-0.2, -0.15) is 5.10 Å². The molecule has 1 aromatic heterocycles. The van der Waals surface area contributed by atoms with Crippen LogP contribution < -0.4 is 10.1 Å². The van der Waals surface area contributed by atoms with Crippen molar-refractivity contribution in [2.75, 3.05) is 5.43 Å². The van der Waals surface area contributed by atoms with Gasteiger partial charge in [0.1, 0.15) is 5.69 Å². The van der Waals surface area contributed by atoms with E-state index in [9.17, 15) is 0 Å². The van der Waals surface area contributed by atoms with Gasteiger partial charge in [-0.1, -0.05) is 60.2 Å². The predicted molar refractivity (Wildman–Crippen MR) is 105 cm³/mol. The highest BCUT2D eigenvalue weighted by molar-refractivity contribution is 7.16. The van der Waals surface area contributed by atoms with E-state index in [2.05, 4.69) is 47.8 Å². The van der Waals surface area contributed by atoms with Crippen LogP contribution in [0.2, 0.25) is 0 Å². The first-order valence-electron chi connectivity index (χ1n) is 8.11. The van der Waals surface area contributed by atoms with Crippen LogP contribution in [0.15, 0.2) is 84.0 Å². The van der Waals surface area contributed by atoms with E-state index < -0.39 is 0 Å². The Hall–Kier alpha value is -2.98. The molecule has 0 radical (unpaired) electrons. The lowest BCUT2D eigenvalue weighted by atomic mass is 10.1. The third-order valence-corrected chi connectivity index (χ3v) is 4.94. The lowest BCUT2D eigenvalue weighted by Gasteiger charge is -2.05. The number of fused-ring (bicyclic) bond motifs is 1. The number of hydrogen-bond acceptors (Lipinski definition) is 4. The van der Waals surface area contributed by atoms with Crippen molar-refractivity contribution in [3.63, 3.8) is 0 Å². The summed E-state index contributed by atoms with van der Waals surface area (Å²) < 4.78 is 1.98. The van der Waals surface area contributed by atoms with E-state index in [1.54, 1.807) is 11.3 Å². The van der Waals surface area contributed by atoms with Crippen molar-refractivity contribution < 1.29 is 0 Å². The van der Waals surface area contributed by atoms with E-state index in [4.69, 9.17) is 4.98 Å². The molecule has 0 spiro atoms. The van der Waals surface area contributed by atoms with Crippen LogP contribution in [-0.2, 0) is 0 Å². The Morgan fingerprint density at radius 2 is 1.56 bits per heavy atom. The third-order valence-electron chi connectivity index (χ3n) is 3.89. The fraction of sp³-hybridized carbons (Fsp3) is 0.0476. The standard InChI is InChI=1S/C21H17N3S/c1-15-11-13-16(14-12-15)20-21(24-23-17-7-3-2-4-8-17)25-19-10-6-5-9-18(19)22-20/h2-14,23H,1H3/b24-21+. The molecule has 25 heavy (non-hydrogen) atoms. The molecular formula is C21H17N3S. The molecule has 1 N–H and O–H groups in total. The van der Waals surface area contributed by atoms with Gasteiger partial charge in [0.25, 0.3) is 0 Å². The smallest absolute Gasteiger partial charge is 0.163 e. The van der Waals surface area contributed by atoms with E-state index in [1.165, 1.54) is 5.56 Å². The SMILES string of the molecule is Cc1ccc(-c2nc3ccccc3s/c2=N/Nc2ccccc2)cc1. The molecule has 0 fully saturated rings. The summed E-state index contributed by atoms with van der Waals surface area (Å²) in [6, 6.07) is 26.5. The Kier molecular flexibility index (Phi) is 4.27. The Balaban J connectivity index is 1.88. The average molecular weight is 343 g/mol. The number of nitrogens with zero attached hydrogens (tertiary/aromatic N) is 2. The van der Waals surface area contributed by atoms with Crippen LogP contribution in [-0.4, -0.2) is 4.98 Å². The second kappa shape index (κ2) is 6.87. The predicted octanol–water partition coefficient (Wildman–Crippen LogP) is 5.20. The molecule has 0 unspecified atom stereocenters.